The van der Waals surface area contributed by atoms with E-state index in [1.54, 1.807) is 0 Å². The molecule has 1 unspecified atom stereocenters. The van der Waals surface area contributed by atoms with Gasteiger partial charge in [-0.25, -0.2) is 14.7 Å². The molecule has 1 aromatic carbocycles. The molecule has 1 saturated heterocycles. The van der Waals surface area contributed by atoms with Crippen LogP contribution in [-0.4, -0.2) is 35.3 Å². The lowest BCUT2D eigenvalue weighted by atomic mass is 10.1. The molecule has 0 aliphatic carbocycles. The first kappa shape index (κ1) is 12.9. The molecule has 20 heavy (non-hydrogen) atoms. The van der Waals surface area contributed by atoms with E-state index >= 15 is 0 Å². The third-order valence-electron chi connectivity index (χ3n) is 3.47. The van der Waals surface area contributed by atoms with Crippen molar-refractivity contribution in [1.29, 1.82) is 0 Å². The number of nitrogens with zero attached hydrogens (tertiary/aromatic N) is 2. The van der Waals surface area contributed by atoms with Crippen LogP contribution in [0.5, 0.6) is 0 Å². The molecule has 0 radical (unpaired) electrons. The van der Waals surface area contributed by atoms with Gasteiger partial charge in [0.1, 0.15) is 6.10 Å². The highest BCUT2D eigenvalue weighted by Gasteiger charge is 2.33. The number of nitrogens with two attached hydrogens (primary N) is 1. The van der Waals surface area contributed by atoms with Gasteiger partial charge in [-0.05, 0) is 24.1 Å². The normalized spacial score (nSPS) is 18.8. The lowest BCUT2D eigenvalue weighted by Gasteiger charge is -2.07. The first-order chi connectivity index (χ1) is 9.71. The van der Waals surface area contributed by atoms with Gasteiger partial charge in [0.25, 0.3) is 0 Å². The summed E-state index contributed by atoms with van der Waals surface area (Å²) in [4.78, 5) is 20.9. The van der Waals surface area contributed by atoms with E-state index in [0.29, 0.717) is 19.0 Å². The van der Waals surface area contributed by atoms with Gasteiger partial charge < -0.3 is 15.5 Å². The summed E-state index contributed by atoms with van der Waals surface area (Å²) in [5.41, 5.74) is 8.57. The second kappa shape index (κ2) is 5.13. The van der Waals surface area contributed by atoms with Crippen LogP contribution >= 0.6 is 0 Å². The van der Waals surface area contributed by atoms with Gasteiger partial charge in [-0.3, -0.25) is 0 Å². The molecule has 1 aliphatic rings. The molecule has 1 atom stereocenters. The summed E-state index contributed by atoms with van der Waals surface area (Å²) in [7, 11) is 0. The average molecular weight is 274 g/mol. The van der Waals surface area contributed by atoms with Crippen LogP contribution in [0.1, 0.15) is 18.9 Å². The minimum absolute atomic E-state index is 0.258. The van der Waals surface area contributed by atoms with Crippen molar-refractivity contribution in [2.24, 2.45) is 5.73 Å². The first-order valence-electron chi connectivity index (χ1n) is 6.88. The highest BCUT2D eigenvalue weighted by atomic mass is 16.6. The highest BCUT2D eigenvalue weighted by Crippen LogP contribution is 2.23. The summed E-state index contributed by atoms with van der Waals surface area (Å²) < 4.78 is 5.14. The summed E-state index contributed by atoms with van der Waals surface area (Å²) in [6, 6.07) is 6.14. The molecule has 3 N–H and O–H groups in total. The number of rotatable bonds is 4. The first-order valence-corrected chi connectivity index (χ1v) is 6.88. The van der Waals surface area contributed by atoms with Crippen molar-refractivity contribution in [1.82, 2.24) is 9.97 Å². The number of nitrogens with one attached hydrogen (secondary N) is 1. The number of ether oxygens (including phenoxy) is 1. The van der Waals surface area contributed by atoms with E-state index in [1.807, 2.05) is 6.07 Å². The maximum atomic E-state index is 11.8. The molecule has 3 rings (SSSR count). The lowest BCUT2D eigenvalue weighted by Crippen LogP contribution is -2.28. The minimum atomic E-state index is -0.395. The molecule has 1 aromatic heterocycles. The monoisotopic (exact) mass is 274 g/mol. The van der Waals surface area contributed by atoms with Gasteiger partial charge in [0.15, 0.2) is 0 Å². The minimum Gasteiger partial charge on any atom is -0.443 e. The second-order valence-corrected chi connectivity index (χ2v) is 5.01. The lowest BCUT2D eigenvalue weighted by molar-refractivity contribution is 0.145. The van der Waals surface area contributed by atoms with Gasteiger partial charge in [0, 0.05) is 6.54 Å². The molecule has 1 aliphatic heterocycles. The van der Waals surface area contributed by atoms with Gasteiger partial charge in [-0.2, -0.15) is 0 Å². The fourth-order valence-electron chi connectivity index (χ4n) is 2.43. The third-order valence-corrected chi connectivity index (χ3v) is 3.47. The summed E-state index contributed by atoms with van der Waals surface area (Å²) in [5.74, 6) is 0.523. The number of carbonyl (C=O) groups excluding carboxylic acids is 1. The number of benzene rings is 1. The number of aryl methyl sites for hydroxylation is 1. The van der Waals surface area contributed by atoms with E-state index < -0.39 is 6.09 Å². The van der Waals surface area contributed by atoms with Gasteiger partial charge in [0.05, 0.1) is 17.6 Å². The SMILES string of the molecule is CCCc1ccc2[nH]c(N3CC(CN)OC3=O)nc2c1. The number of H-pyrrole nitrogens is 1. The number of cyclic esters (lactones) is 1. The summed E-state index contributed by atoms with van der Waals surface area (Å²) in [5, 5.41) is 0. The standard InChI is InChI=1S/C14H18N4O2/c1-2-3-9-4-5-11-12(6-9)17-13(16-11)18-8-10(7-15)20-14(18)19/h4-6,10H,2-3,7-8,15H2,1H3,(H,16,17). The number of fused-ring (bicyclic) bond motifs is 1. The number of carbonyl (C=O) groups is 1. The fraction of sp³-hybridized carbons (Fsp3) is 0.429. The third kappa shape index (κ3) is 2.22. The number of hydrogen-bond donors (Lipinski definition) is 2. The highest BCUT2D eigenvalue weighted by molar-refractivity contribution is 5.90. The van der Waals surface area contributed by atoms with Crippen LogP contribution in [0.3, 0.4) is 0 Å². The van der Waals surface area contributed by atoms with Gasteiger partial charge in [0.2, 0.25) is 5.95 Å². The van der Waals surface area contributed by atoms with Crippen LogP contribution in [0.15, 0.2) is 18.2 Å². The van der Waals surface area contributed by atoms with Gasteiger partial charge in [-0.1, -0.05) is 19.4 Å². The Morgan fingerprint density at radius 3 is 3.10 bits per heavy atom. The average Bonchev–Trinajstić information content (AvgIpc) is 3.01. The maximum Gasteiger partial charge on any atom is 0.417 e. The van der Waals surface area contributed by atoms with E-state index in [4.69, 9.17) is 10.5 Å². The van der Waals surface area contributed by atoms with Gasteiger partial charge >= 0.3 is 6.09 Å². The van der Waals surface area contributed by atoms with Crippen molar-refractivity contribution in [2.45, 2.75) is 25.9 Å². The van der Waals surface area contributed by atoms with Crippen molar-refractivity contribution in [3.63, 3.8) is 0 Å². The van der Waals surface area contributed by atoms with Crippen LogP contribution in [0.25, 0.3) is 11.0 Å². The Balaban J connectivity index is 1.91. The number of aromatic amines is 1. The summed E-state index contributed by atoms with van der Waals surface area (Å²) in [6.07, 6.45) is 1.47. The predicted octanol–water partition coefficient (Wildman–Crippen LogP) is 1.80. The summed E-state index contributed by atoms with van der Waals surface area (Å²) >= 11 is 0. The van der Waals surface area contributed by atoms with Crippen molar-refractivity contribution < 1.29 is 9.53 Å². The van der Waals surface area contributed by atoms with Crippen LogP contribution < -0.4 is 10.6 Å². The van der Waals surface area contributed by atoms with Crippen LogP contribution in [0, 0.1) is 0 Å². The Labute approximate surface area is 116 Å². The van der Waals surface area contributed by atoms with E-state index in [1.165, 1.54) is 10.5 Å². The van der Waals surface area contributed by atoms with Crippen molar-refractivity contribution in [3.05, 3.63) is 23.8 Å². The van der Waals surface area contributed by atoms with Crippen LogP contribution in [0.2, 0.25) is 0 Å². The van der Waals surface area contributed by atoms with E-state index in [9.17, 15) is 4.79 Å². The number of amides is 1. The molecule has 0 spiro atoms. The molecular weight excluding hydrogens is 256 g/mol. The molecule has 6 nitrogen and oxygen atoms in total. The van der Waals surface area contributed by atoms with Gasteiger partial charge in [-0.15, -0.1) is 0 Å². The van der Waals surface area contributed by atoms with Crippen molar-refractivity contribution in [2.75, 3.05) is 18.0 Å². The molecule has 0 saturated carbocycles. The Morgan fingerprint density at radius 2 is 2.40 bits per heavy atom. The zero-order chi connectivity index (χ0) is 14.1. The molecule has 106 valence electrons. The maximum absolute atomic E-state index is 11.8. The van der Waals surface area contributed by atoms with Crippen molar-refractivity contribution >= 4 is 23.1 Å². The predicted molar refractivity (Wildman–Crippen MR) is 76.8 cm³/mol. The second-order valence-electron chi connectivity index (χ2n) is 5.01. The molecule has 0 bridgehead atoms. The van der Waals surface area contributed by atoms with Crippen LogP contribution in [0.4, 0.5) is 10.7 Å². The molecule has 1 fully saturated rings. The molecule has 6 heteroatoms. The Kier molecular flexibility index (Phi) is 3.31. The Hall–Kier alpha value is -2.08. The number of hydrogen-bond acceptors (Lipinski definition) is 4. The summed E-state index contributed by atoms with van der Waals surface area (Å²) in [6.45, 7) is 2.91. The van der Waals surface area contributed by atoms with Crippen LogP contribution in [-0.2, 0) is 11.2 Å². The molecule has 2 heterocycles. The van der Waals surface area contributed by atoms with E-state index in [-0.39, 0.29) is 6.10 Å². The topological polar surface area (TPSA) is 84.2 Å². The Morgan fingerprint density at radius 1 is 1.55 bits per heavy atom. The number of anilines is 1. The zero-order valence-corrected chi connectivity index (χ0v) is 11.4. The number of imidazole rings is 1. The van der Waals surface area contributed by atoms with Crippen molar-refractivity contribution in [3.8, 4) is 0 Å². The zero-order valence-electron chi connectivity index (χ0n) is 11.4. The quantitative estimate of drug-likeness (QED) is 0.890. The van der Waals surface area contributed by atoms with E-state index in [2.05, 4.69) is 29.0 Å². The number of aromatic nitrogens is 2. The molecule has 1 amide bonds. The van der Waals surface area contributed by atoms with E-state index in [0.717, 1.165) is 23.9 Å². The smallest absolute Gasteiger partial charge is 0.417 e. The molecular formula is C14H18N4O2. The fourth-order valence-corrected chi connectivity index (χ4v) is 2.43. The Bertz CT molecular complexity index is 637. The largest absolute Gasteiger partial charge is 0.443 e. The molecule has 2 aromatic rings.